The first-order valence-electron chi connectivity index (χ1n) is 4.67. The molecule has 0 aromatic carbocycles. The van der Waals surface area contributed by atoms with Crippen molar-refractivity contribution in [1.82, 2.24) is 10.6 Å². The molecule has 2 amide bonds. The Bertz CT molecular complexity index is 290. The minimum atomic E-state index is -0.366. The normalized spacial score (nSPS) is 22.7. The van der Waals surface area contributed by atoms with E-state index in [2.05, 4.69) is 15.8 Å². The lowest BCUT2D eigenvalue weighted by Gasteiger charge is -2.21. The van der Waals surface area contributed by atoms with Gasteiger partial charge in [-0.3, -0.25) is 14.9 Å². The third-order valence-electron chi connectivity index (χ3n) is 2.14. The van der Waals surface area contributed by atoms with Crippen molar-refractivity contribution >= 4 is 17.6 Å². The van der Waals surface area contributed by atoms with Gasteiger partial charge in [-0.25, -0.2) is 0 Å². The molecule has 0 aliphatic carbocycles. The molecule has 1 aliphatic heterocycles. The zero-order valence-electron chi connectivity index (χ0n) is 8.19. The number of carbonyl (C=O) groups excluding carboxylic acids is 2. The van der Waals surface area contributed by atoms with Gasteiger partial charge in [0, 0.05) is 19.4 Å². The minimum Gasteiger partial charge on any atom is -0.409 e. The van der Waals surface area contributed by atoms with E-state index >= 15 is 0 Å². The molecule has 7 nitrogen and oxygen atoms in total. The van der Waals surface area contributed by atoms with Crippen LogP contribution in [0, 0.1) is 0 Å². The van der Waals surface area contributed by atoms with Gasteiger partial charge in [-0.05, 0) is 6.42 Å². The molecule has 84 valence electrons. The number of carbonyl (C=O) groups is 2. The maximum atomic E-state index is 11.2. The van der Waals surface area contributed by atoms with Crippen LogP contribution in [0.3, 0.4) is 0 Å². The maximum Gasteiger partial charge on any atom is 0.243 e. The van der Waals surface area contributed by atoms with E-state index < -0.39 is 0 Å². The molecule has 0 spiro atoms. The van der Waals surface area contributed by atoms with E-state index in [9.17, 15) is 9.59 Å². The number of rotatable bonds is 4. The third kappa shape index (κ3) is 3.55. The molecular weight excluding hydrogens is 200 g/mol. The van der Waals surface area contributed by atoms with Crippen LogP contribution in [0.15, 0.2) is 5.16 Å². The van der Waals surface area contributed by atoms with E-state index in [4.69, 9.17) is 10.9 Å². The van der Waals surface area contributed by atoms with Crippen LogP contribution in [0.2, 0.25) is 0 Å². The van der Waals surface area contributed by atoms with Crippen LogP contribution in [-0.2, 0) is 9.59 Å². The van der Waals surface area contributed by atoms with E-state index in [1.807, 2.05) is 0 Å². The highest BCUT2D eigenvalue weighted by Crippen LogP contribution is 2.03. The first-order valence-corrected chi connectivity index (χ1v) is 4.67. The molecule has 0 saturated carbocycles. The average molecular weight is 214 g/mol. The highest BCUT2D eigenvalue weighted by atomic mass is 16.4. The number of amidine groups is 1. The van der Waals surface area contributed by atoms with Gasteiger partial charge < -0.3 is 16.3 Å². The summed E-state index contributed by atoms with van der Waals surface area (Å²) in [7, 11) is 0. The fraction of sp³-hybridized carbons (Fsp3) is 0.625. The van der Waals surface area contributed by atoms with Crippen molar-refractivity contribution in [3.63, 3.8) is 0 Å². The maximum absolute atomic E-state index is 11.2. The number of nitrogens with two attached hydrogens (primary N) is 1. The number of hydrogen-bond donors (Lipinski definition) is 4. The topological polar surface area (TPSA) is 117 Å². The van der Waals surface area contributed by atoms with Crippen molar-refractivity contribution in [3.8, 4) is 0 Å². The van der Waals surface area contributed by atoms with E-state index in [1.165, 1.54) is 0 Å². The van der Waals surface area contributed by atoms with Gasteiger partial charge >= 0.3 is 0 Å². The second kappa shape index (κ2) is 5.30. The molecule has 0 aromatic heterocycles. The number of nitrogens with one attached hydrogen (secondary N) is 2. The second-order valence-corrected chi connectivity index (χ2v) is 3.30. The molecule has 1 atom stereocenters. The Morgan fingerprint density at radius 1 is 1.67 bits per heavy atom. The van der Waals surface area contributed by atoms with Crippen molar-refractivity contribution in [2.24, 2.45) is 10.9 Å². The predicted octanol–water partition coefficient (Wildman–Crippen LogP) is -1.48. The van der Waals surface area contributed by atoms with Crippen LogP contribution in [0.25, 0.3) is 0 Å². The Labute approximate surface area is 86.7 Å². The minimum absolute atomic E-state index is 0.106. The Kier molecular flexibility index (Phi) is 4.04. The number of hydrogen-bond acceptors (Lipinski definition) is 5. The third-order valence-corrected chi connectivity index (χ3v) is 2.14. The summed E-state index contributed by atoms with van der Waals surface area (Å²) < 4.78 is 0. The number of piperidine rings is 1. The SMILES string of the molecule is NC(CCNC1CCC(=O)NC1=O)=NO. The first kappa shape index (κ1) is 11.4. The molecular formula is C8H14N4O3. The molecule has 1 rings (SSSR count). The molecule has 1 unspecified atom stereocenters. The molecule has 1 aliphatic rings. The van der Waals surface area contributed by atoms with Gasteiger partial charge in [0.1, 0.15) is 5.84 Å². The van der Waals surface area contributed by atoms with E-state index in [-0.39, 0.29) is 23.7 Å². The fourth-order valence-corrected chi connectivity index (χ4v) is 1.31. The van der Waals surface area contributed by atoms with Gasteiger partial charge in [-0.15, -0.1) is 0 Å². The van der Waals surface area contributed by atoms with E-state index in [1.54, 1.807) is 0 Å². The standard InChI is InChI=1S/C8H14N4O3/c9-6(12-15)3-4-10-5-1-2-7(13)11-8(5)14/h5,10,15H,1-4H2,(H2,9,12)(H,11,13,14). The van der Waals surface area contributed by atoms with Gasteiger partial charge in [0.15, 0.2) is 0 Å². The van der Waals surface area contributed by atoms with Gasteiger partial charge in [0.05, 0.1) is 6.04 Å². The lowest BCUT2D eigenvalue weighted by Crippen LogP contribution is -2.51. The summed E-state index contributed by atoms with van der Waals surface area (Å²) >= 11 is 0. The van der Waals surface area contributed by atoms with Crippen LogP contribution < -0.4 is 16.4 Å². The molecule has 5 N–H and O–H groups in total. The van der Waals surface area contributed by atoms with Crippen molar-refractivity contribution in [2.45, 2.75) is 25.3 Å². The summed E-state index contributed by atoms with van der Waals surface area (Å²) in [5, 5.41) is 16.2. The lowest BCUT2D eigenvalue weighted by atomic mass is 10.1. The molecule has 7 heteroatoms. The highest BCUT2D eigenvalue weighted by Gasteiger charge is 2.25. The molecule has 0 radical (unpaired) electrons. The Morgan fingerprint density at radius 2 is 2.40 bits per heavy atom. The van der Waals surface area contributed by atoms with E-state index in [0.717, 1.165) is 0 Å². The van der Waals surface area contributed by atoms with Gasteiger partial charge in [-0.1, -0.05) is 5.16 Å². The van der Waals surface area contributed by atoms with Crippen LogP contribution >= 0.6 is 0 Å². The predicted molar refractivity (Wildman–Crippen MR) is 52.2 cm³/mol. The molecule has 1 fully saturated rings. The first-order chi connectivity index (χ1) is 7.13. The lowest BCUT2D eigenvalue weighted by molar-refractivity contribution is -0.134. The van der Waals surface area contributed by atoms with Crippen molar-refractivity contribution in [3.05, 3.63) is 0 Å². The quantitative estimate of drug-likeness (QED) is 0.150. The van der Waals surface area contributed by atoms with Crippen LogP contribution in [-0.4, -0.2) is 35.4 Å². The number of amides is 2. The van der Waals surface area contributed by atoms with Crippen LogP contribution in [0.1, 0.15) is 19.3 Å². The second-order valence-electron chi connectivity index (χ2n) is 3.30. The smallest absolute Gasteiger partial charge is 0.243 e. The van der Waals surface area contributed by atoms with Gasteiger partial charge in [-0.2, -0.15) is 0 Å². The Balaban J connectivity index is 2.27. The van der Waals surface area contributed by atoms with Crippen LogP contribution in [0.4, 0.5) is 0 Å². The summed E-state index contributed by atoms with van der Waals surface area (Å²) in [6.07, 6.45) is 1.18. The average Bonchev–Trinajstić information content (AvgIpc) is 2.21. The molecule has 0 aromatic rings. The van der Waals surface area contributed by atoms with Crippen molar-refractivity contribution < 1.29 is 14.8 Å². The summed E-state index contributed by atoms with van der Waals surface area (Å²) in [6, 6.07) is -0.366. The number of imide groups is 1. The van der Waals surface area contributed by atoms with E-state index in [0.29, 0.717) is 25.8 Å². The van der Waals surface area contributed by atoms with Gasteiger partial charge in [0.2, 0.25) is 11.8 Å². The molecule has 15 heavy (non-hydrogen) atoms. The number of oxime groups is 1. The number of nitrogens with zero attached hydrogens (tertiary/aromatic N) is 1. The summed E-state index contributed by atoms with van der Waals surface area (Å²) in [5.74, 6) is -0.449. The monoisotopic (exact) mass is 214 g/mol. The largest absolute Gasteiger partial charge is 0.409 e. The summed E-state index contributed by atoms with van der Waals surface area (Å²) in [6.45, 7) is 0.433. The Hall–Kier alpha value is -1.63. The zero-order valence-corrected chi connectivity index (χ0v) is 8.19. The zero-order chi connectivity index (χ0) is 11.3. The van der Waals surface area contributed by atoms with Crippen molar-refractivity contribution in [2.75, 3.05) is 6.54 Å². The molecule has 0 bridgehead atoms. The van der Waals surface area contributed by atoms with Gasteiger partial charge in [0.25, 0.3) is 0 Å². The van der Waals surface area contributed by atoms with Crippen LogP contribution in [0.5, 0.6) is 0 Å². The molecule has 1 heterocycles. The summed E-state index contributed by atoms with van der Waals surface area (Å²) in [5.41, 5.74) is 5.25. The Morgan fingerprint density at radius 3 is 3.00 bits per heavy atom. The van der Waals surface area contributed by atoms with Crippen molar-refractivity contribution in [1.29, 1.82) is 0 Å². The fourth-order valence-electron chi connectivity index (χ4n) is 1.31. The molecule has 1 saturated heterocycles. The highest BCUT2D eigenvalue weighted by molar-refractivity contribution is 6.00. The summed E-state index contributed by atoms with van der Waals surface area (Å²) in [4.78, 5) is 22.1.